The molecule has 1 fully saturated rings. The van der Waals surface area contributed by atoms with Gasteiger partial charge in [-0.15, -0.1) is 0 Å². The number of nitrogens with zero attached hydrogens (tertiary/aromatic N) is 1. The van der Waals surface area contributed by atoms with Crippen molar-refractivity contribution in [3.8, 4) is 0 Å². The van der Waals surface area contributed by atoms with Crippen LogP contribution < -0.4 is 16.1 Å². The van der Waals surface area contributed by atoms with E-state index >= 15 is 0 Å². The largest absolute Gasteiger partial charge is 0.376 e. The molecular weight excluding hydrogens is 457 g/mol. The van der Waals surface area contributed by atoms with Crippen LogP contribution in [0.2, 0.25) is 0 Å². The van der Waals surface area contributed by atoms with Crippen molar-refractivity contribution in [2.45, 2.75) is 38.5 Å². The zero-order valence-electron chi connectivity index (χ0n) is 18.6. The molecule has 178 valence electrons. The number of nitrogens with one attached hydrogen (secondary N) is 2. The Morgan fingerprint density at radius 1 is 1.12 bits per heavy atom. The van der Waals surface area contributed by atoms with Crippen LogP contribution in [-0.4, -0.2) is 35.6 Å². The summed E-state index contributed by atoms with van der Waals surface area (Å²) < 4.78 is 20.7. The topological polar surface area (TPSA) is 89.4 Å². The van der Waals surface area contributed by atoms with E-state index in [9.17, 15) is 18.8 Å². The minimum absolute atomic E-state index is 0.0342. The van der Waals surface area contributed by atoms with Crippen LogP contribution >= 0.6 is 11.3 Å². The number of hydrogen-bond acceptors (Lipinski definition) is 5. The third-order valence-corrected chi connectivity index (χ3v) is 6.36. The molecule has 9 heteroatoms. The number of carbonyl (C=O) groups excluding carboxylic acids is 2. The van der Waals surface area contributed by atoms with E-state index in [0.29, 0.717) is 19.6 Å². The molecule has 7 nitrogen and oxygen atoms in total. The molecule has 1 aliphatic rings. The van der Waals surface area contributed by atoms with Crippen LogP contribution in [0.1, 0.15) is 44.7 Å². The summed E-state index contributed by atoms with van der Waals surface area (Å²) in [5, 5.41) is 9.29. The Kier molecular flexibility index (Phi) is 7.87. The molecule has 0 unspecified atom stereocenters. The molecule has 2 aromatic heterocycles. The summed E-state index contributed by atoms with van der Waals surface area (Å²) in [7, 11) is 0. The lowest BCUT2D eigenvalue weighted by atomic mass is 10.1. The summed E-state index contributed by atoms with van der Waals surface area (Å²) >= 11 is 1.52. The summed E-state index contributed by atoms with van der Waals surface area (Å²) in [6, 6.07) is 8.02. The number of benzene rings is 1. The molecule has 0 aliphatic carbocycles. The average Bonchev–Trinajstić information content (AvgIpc) is 3.53. The van der Waals surface area contributed by atoms with Gasteiger partial charge in [-0.05, 0) is 59.3 Å². The number of thiophene rings is 1. The standard InChI is InChI=1S/C25H26FN3O4S/c26-19-4-1-3-17(11-19)6-8-27-24(31)21-14-29(13-20-5-2-9-33-20)15-22(23(21)30)25(32)28-12-18-7-10-34-16-18/h1,3-4,7,10-11,14-16,20H,2,5-6,8-9,12-13H2,(H,27,31)(H,28,32)/t20-/m1/s1. The zero-order chi connectivity index (χ0) is 23.9. The van der Waals surface area contributed by atoms with E-state index in [0.717, 1.165) is 24.0 Å². The Morgan fingerprint density at radius 3 is 2.59 bits per heavy atom. The van der Waals surface area contributed by atoms with Gasteiger partial charge in [0.15, 0.2) is 0 Å². The van der Waals surface area contributed by atoms with Crippen LogP contribution in [-0.2, 0) is 24.2 Å². The van der Waals surface area contributed by atoms with Crippen molar-refractivity contribution in [3.05, 3.63) is 91.8 Å². The van der Waals surface area contributed by atoms with Crippen molar-refractivity contribution in [3.63, 3.8) is 0 Å². The van der Waals surface area contributed by atoms with Gasteiger partial charge in [-0.25, -0.2) is 4.39 Å². The van der Waals surface area contributed by atoms with E-state index < -0.39 is 17.2 Å². The zero-order valence-corrected chi connectivity index (χ0v) is 19.4. The van der Waals surface area contributed by atoms with Crippen LogP contribution in [0, 0.1) is 5.82 Å². The van der Waals surface area contributed by atoms with Crippen molar-refractivity contribution in [1.82, 2.24) is 15.2 Å². The van der Waals surface area contributed by atoms with Gasteiger partial charge in [0, 0.05) is 38.6 Å². The molecule has 0 bridgehead atoms. The highest BCUT2D eigenvalue weighted by Gasteiger charge is 2.22. The van der Waals surface area contributed by atoms with Crippen molar-refractivity contribution in [1.29, 1.82) is 0 Å². The summed E-state index contributed by atoms with van der Waals surface area (Å²) in [4.78, 5) is 38.8. The van der Waals surface area contributed by atoms with Gasteiger partial charge >= 0.3 is 0 Å². The van der Waals surface area contributed by atoms with Gasteiger partial charge in [0.2, 0.25) is 5.43 Å². The normalized spacial score (nSPS) is 15.3. The Balaban J connectivity index is 1.51. The molecule has 1 aliphatic heterocycles. The SMILES string of the molecule is O=C(NCCc1cccc(F)c1)c1cn(C[C@H]2CCCO2)cc(C(=O)NCc2ccsc2)c1=O. The second-order valence-corrected chi connectivity index (χ2v) is 8.98. The highest BCUT2D eigenvalue weighted by molar-refractivity contribution is 7.07. The lowest BCUT2D eigenvalue weighted by molar-refractivity contribution is 0.0925. The Bertz CT molecular complexity index is 1200. The van der Waals surface area contributed by atoms with Gasteiger partial charge in [-0.1, -0.05) is 12.1 Å². The molecule has 3 heterocycles. The minimum Gasteiger partial charge on any atom is -0.376 e. The molecule has 0 spiro atoms. The molecule has 4 rings (SSSR count). The molecule has 3 aromatic rings. The molecule has 1 aromatic carbocycles. The first-order valence-corrected chi connectivity index (χ1v) is 12.1. The Morgan fingerprint density at radius 2 is 1.91 bits per heavy atom. The van der Waals surface area contributed by atoms with Crippen molar-refractivity contribution in [2.24, 2.45) is 0 Å². The highest BCUT2D eigenvalue weighted by atomic mass is 32.1. The van der Waals surface area contributed by atoms with E-state index in [2.05, 4.69) is 10.6 Å². The van der Waals surface area contributed by atoms with E-state index in [1.54, 1.807) is 16.7 Å². The van der Waals surface area contributed by atoms with E-state index in [1.807, 2.05) is 16.8 Å². The molecular formula is C25H26FN3O4S. The number of rotatable bonds is 9. The monoisotopic (exact) mass is 483 g/mol. The maximum Gasteiger partial charge on any atom is 0.257 e. The first-order valence-electron chi connectivity index (χ1n) is 11.2. The molecule has 2 amide bonds. The van der Waals surface area contributed by atoms with Crippen LogP contribution in [0.5, 0.6) is 0 Å². The summed E-state index contributed by atoms with van der Waals surface area (Å²) in [5.74, 6) is -1.45. The number of ether oxygens (including phenoxy) is 1. The molecule has 0 radical (unpaired) electrons. The van der Waals surface area contributed by atoms with Crippen molar-refractivity contribution in [2.75, 3.05) is 13.2 Å². The average molecular weight is 484 g/mol. The van der Waals surface area contributed by atoms with Crippen molar-refractivity contribution < 1.29 is 18.7 Å². The third kappa shape index (κ3) is 6.18. The number of aromatic nitrogens is 1. The minimum atomic E-state index is -0.630. The van der Waals surface area contributed by atoms with Gasteiger partial charge in [0.25, 0.3) is 11.8 Å². The van der Waals surface area contributed by atoms with Gasteiger partial charge in [-0.3, -0.25) is 14.4 Å². The predicted molar refractivity (Wildman–Crippen MR) is 128 cm³/mol. The fourth-order valence-corrected chi connectivity index (χ4v) is 4.53. The first-order chi connectivity index (χ1) is 16.5. The van der Waals surface area contributed by atoms with Crippen LogP contribution in [0.3, 0.4) is 0 Å². The number of carbonyl (C=O) groups is 2. The fraction of sp³-hybridized carbons (Fsp3) is 0.320. The predicted octanol–water partition coefficient (Wildman–Crippen LogP) is 3.13. The van der Waals surface area contributed by atoms with Crippen LogP contribution in [0.25, 0.3) is 0 Å². The van der Waals surface area contributed by atoms with Crippen LogP contribution in [0.15, 0.2) is 58.3 Å². The quantitative estimate of drug-likeness (QED) is 0.489. The summed E-state index contributed by atoms with van der Waals surface area (Å²) in [5.41, 5.74) is 0.836. The number of pyridine rings is 1. The Labute approximate surface area is 200 Å². The third-order valence-electron chi connectivity index (χ3n) is 5.63. The van der Waals surface area contributed by atoms with E-state index in [-0.39, 0.29) is 36.1 Å². The van der Waals surface area contributed by atoms with Crippen LogP contribution in [0.4, 0.5) is 4.39 Å². The second kappa shape index (κ2) is 11.2. The van der Waals surface area contributed by atoms with Gasteiger partial charge in [0.05, 0.1) is 6.10 Å². The van der Waals surface area contributed by atoms with Gasteiger partial charge in [0.1, 0.15) is 16.9 Å². The van der Waals surface area contributed by atoms with E-state index in [4.69, 9.17) is 4.74 Å². The maximum absolute atomic E-state index is 13.4. The lowest BCUT2D eigenvalue weighted by Crippen LogP contribution is -2.36. The molecule has 1 saturated heterocycles. The number of amides is 2. The fourth-order valence-electron chi connectivity index (χ4n) is 3.86. The van der Waals surface area contributed by atoms with E-state index in [1.165, 1.54) is 35.9 Å². The van der Waals surface area contributed by atoms with Crippen molar-refractivity contribution >= 4 is 23.2 Å². The smallest absolute Gasteiger partial charge is 0.257 e. The summed E-state index contributed by atoms with van der Waals surface area (Å²) in [6.45, 7) is 1.63. The first kappa shape index (κ1) is 23.8. The van der Waals surface area contributed by atoms with Gasteiger partial charge in [-0.2, -0.15) is 11.3 Å². The highest BCUT2D eigenvalue weighted by Crippen LogP contribution is 2.14. The maximum atomic E-state index is 13.4. The number of hydrogen-bond donors (Lipinski definition) is 2. The lowest BCUT2D eigenvalue weighted by Gasteiger charge is -2.15. The second-order valence-electron chi connectivity index (χ2n) is 8.20. The number of halogens is 1. The molecule has 34 heavy (non-hydrogen) atoms. The van der Waals surface area contributed by atoms with Gasteiger partial charge < -0.3 is 19.9 Å². The molecule has 0 saturated carbocycles. The molecule has 1 atom stereocenters. The Hall–Kier alpha value is -3.30. The molecule has 2 N–H and O–H groups in total. The summed E-state index contributed by atoms with van der Waals surface area (Å²) in [6.07, 6.45) is 5.16.